The average molecular weight is 588 g/mol. The summed E-state index contributed by atoms with van der Waals surface area (Å²) in [7, 11) is 3.21. The molecular formula is C36H33N3O3S. The zero-order chi connectivity index (χ0) is 29.3. The van der Waals surface area contributed by atoms with E-state index in [1.807, 2.05) is 24.3 Å². The van der Waals surface area contributed by atoms with Crippen LogP contribution in [0.3, 0.4) is 0 Å². The average Bonchev–Trinajstić information content (AvgIpc) is 3.39. The molecule has 0 aromatic heterocycles. The molecule has 3 aliphatic heterocycles. The van der Waals surface area contributed by atoms with E-state index in [4.69, 9.17) is 14.5 Å². The molecule has 6 nitrogen and oxygen atoms in total. The molecule has 3 aliphatic rings. The van der Waals surface area contributed by atoms with E-state index in [1.165, 1.54) is 39.7 Å². The minimum absolute atomic E-state index is 0.159. The summed E-state index contributed by atoms with van der Waals surface area (Å²) in [5.74, 6) is 1.70. The molecule has 216 valence electrons. The van der Waals surface area contributed by atoms with Crippen LogP contribution in [0.2, 0.25) is 0 Å². The molecular weight excluding hydrogens is 554 g/mol. The molecule has 7 heteroatoms. The van der Waals surface area contributed by atoms with E-state index in [0.717, 1.165) is 37.2 Å². The molecule has 0 unspecified atom stereocenters. The minimum Gasteiger partial charge on any atom is -0.493 e. The molecule has 2 atom stereocenters. The lowest BCUT2D eigenvalue weighted by Crippen LogP contribution is -2.37. The molecule has 0 spiro atoms. The molecule has 1 N–H and O–H groups in total. The number of benzene rings is 4. The molecule has 0 aliphatic carbocycles. The first-order valence-electron chi connectivity index (χ1n) is 14.7. The van der Waals surface area contributed by atoms with Crippen molar-refractivity contribution in [2.45, 2.75) is 24.7 Å². The SMILES string of the molecule is COc1ccc(/C=C2\SC(=Nc3cc4c5c(c3)[C@H](c3ccccc3)CCN5CC[C@@H]4c3ccccc3)NC2=O)cc1OC. The molecule has 0 bridgehead atoms. The van der Waals surface area contributed by atoms with Crippen LogP contribution >= 0.6 is 11.8 Å². The molecule has 1 fully saturated rings. The Kier molecular flexibility index (Phi) is 7.41. The molecule has 4 aromatic carbocycles. The zero-order valence-corrected chi connectivity index (χ0v) is 25.1. The van der Waals surface area contributed by atoms with E-state index in [1.54, 1.807) is 14.2 Å². The summed E-state index contributed by atoms with van der Waals surface area (Å²) >= 11 is 1.36. The van der Waals surface area contributed by atoms with Gasteiger partial charge in [-0.3, -0.25) is 4.79 Å². The van der Waals surface area contributed by atoms with Gasteiger partial charge in [-0.25, -0.2) is 4.99 Å². The molecule has 7 rings (SSSR count). The number of carbonyl (C=O) groups is 1. The number of thioether (sulfide) groups is 1. The summed E-state index contributed by atoms with van der Waals surface area (Å²) in [6.07, 6.45) is 3.99. The van der Waals surface area contributed by atoms with Gasteiger partial charge in [0.25, 0.3) is 5.91 Å². The fourth-order valence-electron chi connectivity index (χ4n) is 6.60. The monoisotopic (exact) mass is 587 g/mol. The number of anilines is 1. The molecule has 1 amide bonds. The highest BCUT2D eigenvalue weighted by atomic mass is 32.2. The first kappa shape index (κ1) is 27.3. The van der Waals surface area contributed by atoms with Crippen molar-refractivity contribution < 1.29 is 14.3 Å². The minimum atomic E-state index is -0.159. The summed E-state index contributed by atoms with van der Waals surface area (Å²) in [4.78, 5) is 21.2. The summed E-state index contributed by atoms with van der Waals surface area (Å²) in [5.41, 5.74) is 8.40. The largest absolute Gasteiger partial charge is 0.493 e. The fourth-order valence-corrected chi connectivity index (χ4v) is 7.44. The molecule has 3 heterocycles. The van der Waals surface area contributed by atoms with Crippen molar-refractivity contribution in [2.75, 3.05) is 32.2 Å². The summed E-state index contributed by atoms with van der Waals surface area (Å²) < 4.78 is 10.8. The number of nitrogens with one attached hydrogen (secondary N) is 1. The van der Waals surface area contributed by atoms with Crippen LogP contribution in [0.4, 0.5) is 11.4 Å². The van der Waals surface area contributed by atoms with E-state index in [0.29, 0.717) is 33.4 Å². The van der Waals surface area contributed by atoms with Crippen molar-refractivity contribution in [3.63, 3.8) is 0 Å². The third-order valence-corrected chi connectivity index (χ3v) is 9.50. The Morgan fingerprint density at radius 1 is 0.814 bits per heavy atom. The second-order valence-corrected chi connectivity index (χ2v) is 12.1. The van der Waals surface area contributed by atoms with E-state index >= 15 is 0 Å². The molecule has 4 aromatic rings. The maximum absolute atomic E-state index is 13.0. The van der Waals surface area contributed by atoms with Crippen LogP contribution in [0.5, 0.6) is 11.5 Å². The first-order valence-corrected chi connectivity index (χ1v) is 15.5. The standard InChI is InChI=1S/C36H33N3O3S/c1-41-31-14-13-23(19-32(31)42-2)20-33-35(40)38-36(43-33)37-26-21-29-27(24-9-5-3-6-10-24)15-17-39-18-16-28(30(22-26)34(29)39)25-11-7-4-8-12-25/h3-14,19-22,27-28H,15-18H2,1-2H3,(H,37,38,40)/b33-20-/t27-,28+. The summed E-state index contributed by atoms with van der Waals surface area (Å²) in [6.45, 7) is 2.09. The molecule has 43 heavy (non-hydrogen) atoms. The van der Waals surface area contributed by atoms with Crippen LogP contribution in [0.15, 0.2) is 101 Å². The Hall–Kier alpha value is -4.49. The van der Waals surface area contributed by atoms with Gasteiger partial charge in [0.2, 0.25) is 0 Å². The number of hydrogen-bond donors (Lipinski definition) is 1. The predicted octanol–water partition coefficient (Wildman–Crippen LogP) is 7.47. The Morgan fingerprint density at radius 3 is 2.00 bits per heavy atom. The smallest absolute Gasteiger partial charge is 0.264 e. The van der Waals surface area contributed by atoms with E-state index in [9.17, 15) is 4.79 Å². The number of methoxy groups -OCH3 is 2. The number of aliphatic imine (C=N–C) groups is 1. The lowest BCUT2D eigenvalue weighted by atomic mass is 9.76. The normalized spacial score (nSPS) is 21.1. The maximum atomic E-state index is 13.0. The van der Waals surface area contributed by atoms with Crippen molar-refractivity contribution in [1.29, 1.82) is 0 Å². The molecule has 0 radical (unpaired) electrons. The second-order valence-electron chi connectivity index (χ2n) is 11.1. The van der Waals surface area contributed by atoms with Crippen LogP contribution in [-0.2, 0) is 4.79 Å². The highest BCUT2D eigenvalue weighted by Gasteiger charge is 2.35. The number of ether oxygens (including phenoxy) is 2. The Labute approximate surface area is 256 Å². The van der Waals surface area contributed by atoms with Crippen molar-refractivity contribution >= 4 is 40.3 Å². The Morgan fingerprint density at radius 2 is 1.42 bits per heavy atom. The van der Waals surface area contributed by atoms with Gasteiger partial charge in [-0.2, -0.15) is 0 Å². The third kappa shape index (κ3) is 5.30. The topological polar surface area (TPSA) is 63.2 Å². The number of nitrogens with zero attached hydrogens (tertiary/aromatic N) is 2. The van der Waals surface area contributed by atoms with Gasteiger partial charge < -0.3 is 19.7 Å². The fraction of sp³-hybridized carbons (Fsp3) is 0.222. The second kappa shape index (κ2) is 11.7. The Bertz CT molecular complexity index is 1660. The third-order valence-electron chi connectivity index (χ3n) is 8.59. The van der Waals surface area contributed by atoms with Gasteiger partial charge in [0.05, 0.1) is 24.8 Å². The van der Waals surface area contributed by atoms with Crippen molar-refractivity contribution in [1.82, 2.24) is 5.32 Å². The summed E-state index contributed by atoms with van der Waals surface area (Å²) in [6, 6.07) is 31.7. The van der Waals surface area contributed by atoms with Gasteiger partial charge in [-0.1, -0.05) is 66.7 Å². The van der Waals surface area contributed by atoms with Gasteiger partial charge in [0.1, 0.15) is 0 Å². The number of rotatable bonds is 6. The van der Waals surface area contributed by atoms with Crippen LogP contribution in [0.1, 0.15) is 52.5 Å². The zero-order valence-electron chi connectivity index (χ0n) is 24.2. The number of amides is 1. The quantitative estimate of drug-likeness (QED) is 0.237. The lowest BCUT2D eigenvalue weighted by Gasteiger charge is -2.43. The van der Waals surface area contributed by atoms with Crippen molar-refractivity contribution in [3.8, 4) is 11.5 Å². The van der Waals surface area contributed by atoms with E-state index in [2.05, 4.69) is 83.0 Å². The van der Waals surface area contributed by atoms with Gasteiger partial charge in [-0.15, -0.1) is 0 Å². The van der Waals surface area contributed by atoms with Gasteiger partial charge in [-0.05, 0) is 82.8 Å². The van der Waals surface area contributed by atoms with Gasteiger partial charge in [0.15, 0.2) is 16.7 Å². The first-order chi connectivity index (χ1) is 21.1. The highest BCUT2D eigenvalue weighted by molar-refractivity contribution is 8.18. The van der Waals surface area contributed by atoms with Gasteiger partial charge in [0, 0.05) is 30.6 Å². The maximum Gasteiger partial charge on any atom is 0.264 e. The number of carbonyl (C=O) groups excluding carboxylic acids is 1. The lowest BCUT2D eigenvalue weighted by molar-refractivity contribution is -0.115. The number of amidine groups is 1. The van der Waals surface area contributed by atoms with Crippen LogP contribution in [0.25, 0.3) is 6.08 Å². The van der Waals surface area contributed by atoms with E-state index in [-0.39, 0.29) is 5.91 Å². The van der Waals surface area contributed by atoms with Crippen molar-refractivity contribution in [3.05, 3.63) is 124 Å². The van der Waals surface area contributed by atoms with Crippen LogP contribution < -0.4 is 19.7 Å². The van der Waals surface area contributed by atoms with E-state index < -0.39 is 0 Å². The van der Waals surface area contributed by atoms with Gasteiger partial charge >= 0.3 is 0 Å². The van der Waals surface area contributed by atoms with Crippen LogP contribution in [-0.4, -0.2) is 38.4 Å². The van der Waals surface area contributed by atoms with Crippen molar-refractivity contribution in [2.24, 2.45) is 4.99 Å². The molecule has 1 saturated heterocycles. The predicted molar refractivity (Wildman–Crippen MR) is 175 cm³/mol. The number of hydrogen-bond acceptors (Lipinski definition) is 6. The Balaban J connectivity index is 1.28. The highest BCUT2D eigenvalue weighted by Crippen LogP contribution is 2.50. The van der Waals surface area contributed by atoms with Crippen LogP contribution in [0, 0.1) is 0 Å². The molecule has 0 saturated carbocycles. The summed E-state index contributed by atoms with van der Waals surface area (Å²) in [5, 5.41) is 3.57.